The Bertz CT molecular complexity index is 487. The fraction of sp³-hybridized carbons (Fsp3) is 0.700. The fourth-order valence-electron chi connectivity index (χ4n) is 3.38. The van der Waals surface area contributed by atoms with Gasteiger partial charge in [-0.15, -0.1) is 0 Å². The zero-order valence-electron chi connectivity index (χ0n) is 15.8. The van der Waals surface area contributed by atoms with Crippen LogP contribution in [0.5, 0.6) is 0 Å². The lowest BCUT2D eigenvalue weighted by molar-refractivity contribution is -0.129. The maximum Gasteiger partial charge on any atom is 0.272 e. The molecule has 1 atom stereocenters. The summed E-state index contributed by atoms with van der Waals surface area (Å²) in [6.07, 6.45) is 8.44. The third-order valence-electron chi connectivity index (χ3n) is 5.31. The van der Waals surface area contributed by atoms with Crippen molar-refractivity contribution < 1.29 is 8.78 Å². The van der Waals surface area contributed by atoms with Gasteiger partial charge in [0.05, 0.1) is 13.1 Å². The highest BCUT2D eigenvalue weighted by Crippen LogP contribution is 2.26. The maximum atomic E-state index is 12.8. The molecule has 3 nitrogen and oxygen atoms in total. The number of hydrogen-bond donors (Lipinski definition) is 0. The second-order valence-electron chi connectivity index (χ2n) is 7.60. The van der Waals surface area contributed by atoms with Gasteiger partial charge in [-0.25, -0.2) is 8.78 Å². The molecular weight excluding hydrogens is 320 g/mol. The number of likely N-dealkylation sites (tertiary alicyclic amines) is 2. The Hall–Kier alpha value is -1.20. The van der Waals surface area contributed by atoms with Gasteiger partial charge in [0.1, 0.15) is 0 Å². The molecule has 0 bridgehead atoms. The lowest BCUT2D eigenvalue weighted by Crippen LogP contribution is -2.56. The Morgan fingerprint density at radius 1 is 1.20 bits per heavy atom. The Labute approximate surface area is 151 Å². The Morgan fingerprint density at radius 2 is 1.84 bits per heavy atom. The molecule has 0 aromatic rings. The molecule has 5 heteroatoms. The van der Waals surface area contributed by atoms with Crippen LogP contribution in [0, 0.1) is 0 Å². The lowest BCUT2D eigenvalue weighted by Gasteiger charge is -2.38. The van der Waals surface area contributed by atoms with E-state index in [1.807, 2.05) is 12.2 Å². The number of hydrogen-bond acceptors (Lipinski definition) is 3. The quantitative estimate of drug-likeness (QED) is 0.554. The van der Waals surface area contributed by atoms with Gasteiger partial charge in [-0.2, -0.15) is 0 Å². The molecule has 0 aromatic carbocycles. The molecule has 2 aliphatic rings. The molecule has 2 aliphatic heterocycles. The van der Waals surface area contributed by atoms with Crippen molar-refractivity contribution in [2.75, 3.05) is 46.3 Å². The van der Waals surface area contributed by atoms with Gasteiger partial charge in [-0.1, -0.05) is 24.8 Å². The molecule has 25 heavy (non-hydrogen) atoms. The summed E-state index contributed by atoms with van der Waals surface area (Å²) >= 11 is 0. The van der Waals surface area contributed by atoms with Crippen LogP contribution in [0.2, 0.25) is 0 Å². The first-order valence-electron chi connectivity index (χ1n) is 9.37. The van der Waals surface area contributed by atoms with Crippen molar-refractivity contribution in [1.29, 1.82) is 0 Å². The summed E-state index contributed by atoms with van der Waals surface area (Å²) in [6, 6.07) is 0.617. The van der Waals surface area contributed by atoms with Crippen LogP contribution in [0.1, 0.15) is 32.6 Å². The maximum absolute atomic E-state index is 12.8. The first-order valence-corrected chi connectivity index (χ1v) is 9.37. The van der Waals surface area contributed by atoms with Gasteiger partial charge in [0.25, 0.3) is 5.92 Å². The van der Waals surface area contributed by atoms with Gasteiger partial charge in [0.2, 0.25) is 0 Å². The molecule has 2 saturated heterocycles. The Morgan fingerprint density at radius 3 is 2.44 bits per heavy atom. The third-order valence-corrected chi connectivity index (χ3v) is 5.31. The summed E-state index contributed by atoms with van der Waals surface area (Å²) in [5.74, 6) is -2.49. The van der Waals surface area contributed by atoms with Crippen LogP contribution < -0.4 is 0 Å². The van der Waals surface area contributed by atoms with E-state index in [0.29, 0.717) is 12.6 Å². The number of rotatable bonds is 10. The minimum Gasteiger partial charge on any atom is -0.375 e. The van der Waals surface area contributed by atoms with E-state index in [4.69, 9.17) is 0 Å². The molecule has 0 radical (unpaired) electrons. The summed E-state index contributed by atoms with van der Waals surface area (Å²) in [4.78, 5) is 6.50. The van der Waals surface area contributed by atoms with Gasteiger partial charge in [0.15, 0.2) is 0 Å². The molecule has 0 N–H and O–H groups in total. The zero-order chi connectivity index (χ0) is 18.4. The van der Waals surface area contributed by atoms with E-state index in [-0.39, 0.29) is 13.1 Å². The predicted octanol–water partition coefficient (Wildman–Crippen LogP) is 3.76. The molecule has 2 fully saturated rings. The average molecular weight is 354 g/mol. The predicted molar refractivity (Wildman–Crippen MR) is 101 cm³/mol. The summed E-state index contributed by atoms with van der Waals surface area (Å²) in [5, 5.41) is 0. The standard InChI is InChI=1S/C20H33F2N3/c1-17(9-14-24-15-20(21,22)16-24)7-8-18(2)23(4)13-10-19(3)25-11-5-6-12-25/h7-8,19H,1-2,5-6,9-16H2,3-4H3/b8-7-. The average Bonchev–Trinajstić information content (AvgIpc) is 3.07. The Balaban J connectivity index is 1.62. The van der Waals surface area contributed by atoms with Crippen molar-refractivity contribution in [2.45, 2.75) is 44.6 Å². The molecule has 0 saturated carbocycles. The molecule has 0 aliphatic carbocycles. The number of alkyl halides is 2. The van der Waals surface area contributed by atoms with Crippen LogP contribution in [-0.4, -0.2) is 73.0 Å². The van der Waals surface area contributed by atoms with Crippen LogP contribution in [0.15, 0.2) is 36.6 Å². The highest BCUT2D eigenvalue weighted by atomic mass is 19.3. The van der Waals surface area contributed by atoms with Crippen molar-refractivity contribution in [2.24, 2.45) is 0 Å². The minimum atomic E-state index is -2.49. The smallest absolute Gasteiger partial charge is 0.272 e. The monoisotopic (exact) mass is 353 g/mol. The van der Waals surface area contributed by atoms with Crippen molar-refractivity contribution in [3.8, 4) is 0 Å². The van der Waals surface area contributed by atoms with Gasteiger partial charge in [0, 0.05) is 31.9 Å². The van der Waals surface area contributed by atoms with Crippen molar-refractivity contribution in [3.05, 3.63) is 36.6 Å². The molecular formula is C20H33F2N3. The molecule has 2 heterocycles. The molecule has 142 valence electrons. The normalized spacial score (nSPS) is 22.1. The van der Waals surface area contributed by atoms with E-state index in [1.165, 1.54) is 25.9 Å². The summed E-state index contributed by atoms with van der Waals surface area (Å²) in [7, 11) is 2.06. The van der Waals surface area contributed by atoms with E-state index >= 15 is 0 Å². The van der Waals surface area contributed by atoms with Crippen molar-refractivity contribution in [3.63, 3.8) is 0 Å². The first kappa shape index (κ1) is 20.1. The van der Waals surface area contributed by atoms with E-state index in [2.05, 4.69) is 36.9 Å². The topological polar surface area (TPSA) is 9.72 Å². The van der Waals surface area contributed by atoms with Crippen molar-refractivity contribution >= 4 is 0 Å². The van der Waals surface area contributed by atoms with Gasteiger partial charge in [-0.3, -0.25) is 4.90 Å². The molecule has 2 rings (SSSR count). The van der Waals surface area contributed by atoms with E-state index in [1.54, 1.807) is 4.90 Å². The van der Waals surface area contributed by atoms with Crippen LogP contribution >= 0.6 is 0 Å². The second-order valence-corrected chi connectivity index (χ2v) is 7.60. The third kappa shape index (κ3) is 6.55. The molecule has 0 amide bonds. The van der Waals surface area contributed by atoms with Crippen LogP contribution in [0.4, 0.5) is 8.78 Å². The number of halogens is 2. The van der Waals surface area contributed by atoms with Gasteiger partial charge < -0.3 is 9.80 Å². The first-order chi connectivity index (χ1) is 11.8. The van der Waals surface area contributed by atoms with Crippen LogP contribution in [0.25, 0.3) is 0 Å². The summed E-state index contributed by atoms with van der Waals surface area (Å²) in [5.41, 5.74) is 1.92. The minimum absolute atomic E-state index is 0.116. The second kappa shape index (κ2) is 8.95. The number of allylic oxidation sites excluding steroid dienone is 2. The van der Waals surface area contributed by atoms with E-state index in [0.717, 1.165) is 30.7 Å². The largest absolute Gasteiger partial charge is 0.375 e. The summed E-state index contributed by atoms with van der Waals surface area (Å²) in [6.45, 7) is 14.3. The van der Waals surface area contributed by atoms with Crippen molar-refractivity contribution in [1.82, 2.24) is 14.7 Å². The van der Waals surface area contributed by atoms with Gasteiger partial charge >= 0.3 is 0 Å². The van der Waals surface area contributed by atoms with E-state index < -0.39 is 5.92 Å². The highest BCUT2D eigenvalue weighted by molar-refractivity contribution is 5.23. The SMILES string of the molecule is C=C(/C=C\C(=C)N(C)CCC(C)N1CCCC1)CCN1CC(F)(F)C1. The van der Waals surface area contributed by atoms with E-state index in [9.17, 15) is 8.78 Å². The zero-order valence-corrected chi connectivity index (χ0v) is 15.8. The summed E-state index contributed by atoms with van der Waals surface area (Å²) < 4.78 is 25.6. The molecule has 0 aromatic heterocycles. The van der Waals surface area contributed by atoms with Crippen LogP contribution in [-0.2, 0) is 0 Å². The Kier molecular flexibility index (Phi) is 7.20. The lowest BCUT2D eigenvalue weighted by atomic mass is 10.1. The fourth-order valence-corrected chi connectivity index (χ4v) is 3.38. The van der Waals surface area contributed by atoms with Crippen LogP contribution in [0.3, 0.4) is 0 Å². The number of likely N-dealkylation sites (N-methyl/N-ethyl adjacent to an activating group) is 1. The number of nitrogens with zero attached hydrogens (tertiary/aromatic N) is 3. The molecule has 1 unspecified atom stereocenters. The van der Waals surface area contributed by atoms with Gasteiger partial charge in [-0.05, 0) is 51.8 Å². The highest BCUT2D eigenvalue weighted by Gasteiger charge is 2.43. The molecule has 0 spiro atoms.